The Morgan fingerprint density at radius 3 is 2.45 bits per heavy atom. The molecular weight excluding hydrogens is 398 g/mol. The highest BCUT2D eigenvalue weighted by atomic mass is 16.7. The van der Waals surface area contributed by atoms with Crippen molar-refractivity contribution in [3.05, 3.63) is 88.0 Å². The van der Waals surface area contributed by atoms with Crippen molar-refractivity contribution in [2.75, 3.05) is 24.0 Å². The summed E-state index contributed by atoms with van der Waals surface area (Å²) < 4.78 is 10.4. The molecule has 1 amide bonds. The van der Waals surface area contributed by atoms with E-state index >= 15 is 0 Å². The maximum Gasteiger partial charge on any atom is 0.296 e. The van der Waals surface area contributed by atoms with Crippen LogP contribution in [-0.2, 0) is 4.79 Å². The van der Waals surface area contributed by atoms with Gasteiger partial charge in [-0.25, -0.2) is 0 Å². The lowest BCUT2D eigenvalue weighted by Gasteiger charge is -2.09. The normalized spacial score (nSPS) is 11.2. The van der Waals surface area contributed by atoms with Crippen molar-refractivity contribution in [2.24, 2.45) is 0 Å². The van der Waals surface area contributed by atoms with Crippen molar-refractivity contribution < 1.29 is 19.2 Å². The minimum absolute atomic E-state index is 0.0189. The molecule has 0 saturated heterocycles. The van der Waals surface area contributed by atoms with E-state index in [0.29, 0.717) is 11.4 Å². The summed E-state index contributed by atoms with van der Waals surface area (Å²) in [4.78, 5) is 23.1. The molecule has 8 nitrogen and oxygen atoms in total. The third-order valence-corrected chi connectivity index (χ3v) is 4.40. The molecule has 3 aromatic rings. The van der Waals surface area contributed by atoms with Gasteiger partial charge in [-0.2, -0.15) is 0 Å². The molecule has 3 aromatic carbocycles. The van der Waals surface area contributed by atoms with Gasteiger partial charge in [0.2, 0.25) is 12.7 Å². The van der Waals surface area contributed by atoms with Crippen molar-refractivity contribution in [1.82, 2.24) is 0 Å². The second-order valence-corrected chi connectivity index (χ2v) is 6.58. The van der Waals surface area contributed by atoms with Crippen molar-refractivity contribution >= 4 is 23.0 Å². The number of hydrogen-bond acceptors (Lipinski definition) is 6. The largest absolute Gasteiger partial charge is 0.454 e. The fraction of sp³-hybridized carbons (Fsp3) is 0.0870. The van der Waals surface area contributed by atoms with Gasteiger partial charge in [-0.3, -0.25) is 14.9 Å². The number of nitro benzene ring substituents is 1. The minimum atomic E-state index is -0.583. The number of ether oxygens (including phenoxy) is 2. The molecule has 0 aliphatic carbocycles. The SMILES string of the molecule is O=C(CNc1cccc(C#Cc2ccccc2)c1)Nc1cc2c(cc1[N+](=O)[O-])OCO2. The molecule has 154 valence electrons. The molecule has 0 saturated carbocycles. The second-order valence-electron chi connectivity index (χ2n) is 6.58. The van der Waals surface area contributed by atoms with E-state index in [-0.39, 0.29) is 30.5 Å². The Kier molecular flexibility index (Phi) is 5.67. The summed E-state index contributed by atoms with van der Waals surface area (Å²) in [6.45, 7) is -0.101. The van der Waals surface area contributed by atoms with Crippen LogP contribution in [-0.4, -0.2) is 24.2 Å². The first-order valence-corrected chi connectivity index (χ1v) is 9.37. The summed E-state index contributed by atoms with van der Waals surface area (Å²) in [5.41, 5.74) is 2.18. The summed E-state index contributed by atoms with van der Waals surface area (Å²) in [7, 11) is 0. The van der Waals surface area contributed by atoms with Crippen LogP contribution in [0.3, 0.4) is 0 Å². The van der Waals surface area contributed by atoms with Crippen LogP contribution >= 0.6 is 0 Å². The van der Waals surface area contributed by atoms with Crippen molar-refractivity contribution in [1.29, 1.82) is 0 Å². The van der Waals surface area contributed by atoms with Crippen LogP contribution in [0.2, 0.25) is 0 Å². The lowest BCUT2D eigenvalue weighted by molar-refractivity contribution is -0.384. The Morgan fingerprint density at radius 2 is 1.68 bits per heavy atom. The number of carbonyl (C=O) groups excluding carboxylic acids is 1. The summed E-state index contributed by atoms with van der Waals surface area (Å²) in [6, 6.07) is 19.6. The molecule has 8 heteroatoms. The highest BCUT2D eigenvalue weighted by Gasteiger charge is 2.24. The Morgan fingerprint density at radius 1 is 0.968 bits per heavy atom. The molecule has 0 atom stereocenters. The maximum absolute atomic E-state index is 12.4. The molecule has 1 aliphatic heterocycles. The number of nitro groups is 1. The van der Waals surface area contributed by atoms with Crippen LogP contribution < -0.4 is 20.1 Å². The minimum Gasteiger partial charge on any atom is -0.454 e. The molecule has 0 aromatic heterocycles. The fourth-order valence-electron chi connectivity index (χ4n) is 2.93. The first kappa shape index (κ1) is 19.8. The van der Waals surface area contributed by atoms with Gasteiger partial charge >= 0.3 is 0 Å². The molecule has 0 unspecified atom stereocenters. The van der Waals surface area contributed by atoms with E-state index in [9.17, 15) is 14.9 Å². The molecule has 31 heavy (non-hydrogen) atoms. The van der Waals surface area contributed by atoms with Gasteiger partial charge in [0.1, 0.15) is 5.69 Å². The van der Waals surface area contributed by atoms with Gasteiger partial charge in [0.05, 0.1) is 17.5 Å². The Hall–Kier alpha value is -4.51. The molecule has 0 radical (unpaired) electrons. The second kappa shape index (κ2) is 8.88. The molecular formula is C23H17N3O5. The number of nitrogens with zero attached hydrogens (tertiary/aromatic N) is 1. The van der Waals surface area contributed by atoms with Gasteiger partial charge in [0.25, 0.3) is 5.69 Å². The topological polar surface area (TPSA) is 103 Å². The van der Waals surface area contributed by atoms with E-state index in [1.54, 1.807) is 0 Å². The van der Waals surface area contributed by atoms with Crippen LogP contribution in [0.1, 0.15) is 11.1 Å². The molecule has 0 fully saturated rings. The van der Waals surface area contributed by atoms with Gasteiger partial charge in [0.15, 0.2) is 11.5 Å². The molecule has 0 bridgehead atoms. The van der Waals surface area contributed by atoms with Crippen LogP contribution in [0.25, 0.3) is 0 Å². The van der Waals surface area contributed by atoms with Gasteiger partial charge in [-0.1, -0.05) is 36.1 Å². The number of fused-ring (bicyclic) bond motifs is 1. The standard InChI is InChI=1S/C23H17N3O5/c27-23(25-19-12-21-22(31-15-30-21)13-20(19)26(28)29)14-24-18-8-4-7-17(11-18)10-9-16-5-2-1-3-6-16/h1-8,11-13,24H,14-15H2,(H,25,27). The lowest BCUT2D eigenvalue weighted by Crippen LogP contribution is -2.22. The van der Waals surface area contributed by atoms with Gasteiger partial charge < -0.3 is 20.1 Å². The van der Waals surface area contributed by atoms with Gasteiger partial charge in [-0.15, -0.1) is 0 Å². The third kappa shape index (κ3) is 4.92. The Bertz CT molecular complexity index is 1200. The van der Waals surface area contributed by atoms with Crippen LogP contribution in [0, 0.1) is 22.0 Å². The highest BCUT2D eigenvalue weighted by molar-refractivity contribution is 5.96. The van der Waals surface area contributed by atoms with Crippen molar-refractivity contribution in [3.8, 4) is 23.3 Å². The average Bonchev–Trinajstić information content (AvgIpc) is 3.24. The number of nitrogens with one attached hydrogen (secondary N) is 2. The van der Waals surface area contributed by atoms with E-state index in [0.717, 1.165) is 11.1 Å². The lowest BCUT2D eigenvalue weighted by atomic mass is 10.1. The molecule has 4 rings (SSSR count). The van der Waals surface area contributed by atoms with E-state index in [2.05, 4.69) is 22.5 Å². The van der Waals surface area contributed by atoms with Crippen LogP contribution in [0.15, 0.2) is 66.7 Å². The maximum atomic E-state index is 12.4. The zero-order valence-electron chi connectivity index (χ0n) is 16.3. The monoisotopic (exact) mass is 415 g/mol. The van der Waals surface area contributed by atoms with Crippen molar-refractivity contribution in [3.63, 3.8) is 0 Å². The van der Waals surface area contributed by atoms with Crippen LogP contribution in [0.5, 0.6) is 11.5 Å². The molecule has 2 N–H and O–H groups in total. The smallest absolute Gasteiger partial charge is 0.296 e. The Labute approximate surface area is 178 Å². The molecule has 1 heterocycles. The Balaban J connectivity index is 1.41. The highest BCUT2D eigenvalue weighted by Crippen LogP contribution is 2.40. The summed E-state index contributed by atoms with van der Waals surface area (Å²) in [5.74, 6) is 6.34. The number of amides is 1. The number of anilines is 2. The average molecular weight is 415 g/mol. The van der Waals surface area contributed by atoms with Gasteiger partial charge in [0, 0.05) is 22.9 Å². The first-order chi connectivity index (χ1) is 15.1. The molecule has 0 spiro atoms. The van der Waals surface area contributed by atoms with Crippen LogP contribution in [0.4, 0.5) is 17.1 Å². The number of rotatable bonds is 5. The summed E-state index contributed by atoms with van der Waals surface area (Å²) >= 11 is 0. The predicted molar refractivity (Wildman–Crippen MR) is 115 cm³/mol. The zero-order valence-corrected chi connectivity index (χ0v) is 16.3. The number of hydrogen-bond donors (Lipinski definition) is 2. The summed E-state index contributed by atoms with van der Waals surface area (Å²) in [6.07, 6.45) is 0. The first-order valence-electron chi connectivity index (χ1n) is 9.37. The van der Waals surface area contributed by atoms with E-state index in [1.165, 1.54) is 12.1 Å². The van der Waals surface area contributed by atoms with Crippen molar-refractivity contribution in [2.45, 2.75) is 0 Å². The molecule has 1 aliphatic rings. The quantitative estimate of drug-likeness (QED) is 0.374. The van der Waals surface area contributed by atoms with E-state index in [1.807, 2.05) is 54.6 Å². The zero-order chi connectivity index (χ0) is 21.6. The predicted octanol–water partition coefficient (Wildman–Crippen LogP) is 3.77. The van der Waals surface area contributed by atoms with E-state index < -0.39 is 10.8 Å². The number of benzene rings is 3. The summed E-state index contributed by atoms with van der Waals surface area (Å²) in [5, 5.41) is 16.9. The van der Waals surface area contributed by atoms with Gasteiger partial charge in [-0.05, 0) is 30.3 Å². The van der Waals surface area contributed by atoms with E-state index in [4.69, 9.17) is 9.47 Å². The number of carbonyl (C=O) groups is 1. The fourth-order valence-corrected chi connectivity index (χ4v) is 2.93. The third-order valence-electron chi connectivity index (χ3n) is 4.40.